The smallest absolute Gasteiger partial charge is 0.0193 e. The standard InChI is InChI=1S/C12H24N2/c1-10-5-6-14(7-11(10)2)9-12(3,4)8-13/h5-9,13H2,1-4H3. The minimum Gasteiger partial charge on any atom is -0.330 e. The van der Waals surface area contributed by atoms with Gasteiger partial charge in [0, 0.05) is 19.6 Å². The van der Waals surface area contributed by atoms with Crippen LogP contribution in [0.3, 0.4) is 0 Å². The Morgan fingerprint density at radius 2 is 1.93 bits per heavy atom. The van der Waals surface area contributed by atoms with E-state index in [1.165, 1.54) is 13.0 Å². The van der Waals surface area contributed by atoms with Crippen LogP contribution in [0.5, 0.6) is 0 Å². The summed E-state index contributed by atoms with van der Waals surface area (Å²) < 4.78 is 0. The Morgan fingerprint density at radius 3 is 2.43 bits per heavy atom. The van der Waals surface area contributed by atoms with Crippen molar-refractivity contribution < 1.29 is 0 Å². The molecule has 0 saturated heterocycles. The van der Waals surface area contributed by atoms with E-state index in [-0.39, 0.29) is 5.41 Å². The lowest BCUT2D eigenvalue weighted by molar-refractivity contribution is 0.189. The molecule has 0 aromatic carbocycles. The summed E-state index contributed by atoms with van der Waals surface area (Å²) in [6.45, 7) is 13.2. The van der Waals surface area contributed by atoms with Crippen LogP contribution in [0.15, 0.2) is 11.1 Å². The van der Waals surface area contributed by atoms with Crippen molar-refractivity contribution in [1.29, 1.82) is 0 Å². The van der Waals surface area contributed by atoms with E-state index in [1.54, 1.807) is 11.1 Å². The molecule has 0 atom stereocenters. The third-order valence-electron chi connectivity index (χ3n) is 3.20. The third-order valence-corrected chi connectivity index (χ3v) is 3.20. The molecular weight excluding hydrogens is 172 g/mol. The van der Waals surface area contributed by atoms with Crippen LogP contribution in [-0.2, 0) is 0 Å². The van der Waals surface area contributed by atoms with E-state index < -0.39 is 0 Å². The lowest BCUT2D eigenvalue weighted by Gasteiger charge is -2.35. The first-order chi connectivity index (χ1) is 6.44. The maximum atomic E-state index is 5.75. The van der Waals surface area contributed by atoms with Crippen LogP contribution in [0.1, 0.15) is 34.1 Å². The van der Waals surface area contributed by atoms with E-state index in [4.69, 9.17) is 5.73 Å². The Hall–Kier alpha value is -0.340. The second-order valence-electron chi connectivity index (χ2n) is 5.39. The molecule has 0 fully saturated rings. The Balaban J connectivity index is 2.50. The van der Waals surface area contributed by atoms with Crippen molar-refractivity contribution in [2.75, 3.05) is 26.2 Å². The molecule has 0 aliphatic carbocycles. The molecule has 1 aliphatic rings. The summed E-state index contributed by atoms with van der Waals surface area (Å²) in [5, 5.41) is 0. The molecule has 2 nitrogen and oxygen atoms in total. The van der Waals surface area contributed by atoms with Gasteiger partial charge in [-0.1, -0.05) is 25.0 Å². The number of nitrogens with zero attached hydrogens (tertiary/aromatic N) is 1. The Labute approximate surface area is 88.2 Å². The fraction of sp³-hybridized carbons (Fsp3) is 0.833. The van der Waals surface area contributed by atoms with Gasteiger partial charge in [-0.3, -0.25) is 4.90 Å². The number of hydrogen-bond donors (Lipinski definition) is 1. The Morgan fingerprint density at radius 1 is 1.29 bits per heavy atom. The summed E-state index contributed by atoms with van der Waals surface area (Å²) in [6, 6.07) is 0. The molecule has 0 saturated carbocycles. The van der Waals surface area contributed by atoms with Crippen LogP contribution in [-0.4, -0.2) is 31.1 Å². The molecule has 0 aromatic rings. The van der Waals surface area contributed by atoms with Crippen molar-refractivity contribution in [1.82, 2.24) is 4.90 Å². The SMILES string of the molecule is CC1=C(C)CN(CC(C)(C)CN)CC1. The fourth-order valence-corrected chi connectivity index (χ4v) is 1.89. The number of nitrogens with two attached hydrogens (primary N) is 1. The normalized spacial score (nSPS) is 20.4. The largest absolute Gasteiger partial charge is 0.330 e. The van der Waals surface area contributed by atoms with Crippen LogP contribution in [0.25, 0.3) is 0 Å². The van der Waals surface area contributed by atoms with E-state index >= 15 is 0 Å². The van der Waals surface area contributed by atoms with Crippen LogP contribution >= 0.6 is 0 Å². The highest BCUT2D eigenvalue weighted by Crippen LogP contribution is 2.21. The molecule has 82 valence electrons. The van der Waals surface area contributed by atoms with Crippen molar-refractivity contribution in [2.24, 2.45) is 11.1 Å². The van der Waals surface area contributed by atoms with Crippen molar-refractivity contribution in [3.8, 4) is 0 Å². The maximum absolute atomic E-state index is 5.75. The molecule has 0 aromatic heterocycles. The van der Waals surface area contributed by atoms with Crippen LogP contribution in [0, 0.1) is 5.41 Å². The van der Waals surface area contributed by atoms with Gasteiger partial charge in [-0.05, 0) is 32.2 Å². The van der Waals surface area contributed by atoms with Crippen LogP contribution in [0.4, 0.5) is 0 Å². The minimum absolute atomic E-state index is 0.255. The quantitative estimate of drug-likeness (QED) is 0.700. The first-order valence-corrected chi connectivity index (χ1v) is 5.52. The van der Waals surface area contributed by atoms with Crippen molar-refractivity contribution in [2.45, 2.75) is 34.1 Å². The third kappa shape index (κ3) is 3.10. The predicted octanol–water partition coefficient (Wildman–Crippen LogP) is 2.01. The van der Waals surface area contributed by atoms with Crippen molar-refractivity contribution in [3.05, 3.63) is 11.1 Å². The first-order valence-electron chi connectivity index (χ1n) is 5.52. The van der Waals surface area contributed by atoms with Crippen molar-refractivity contribution in [3.63, 3.8) is 0 Å². The summed E-state index contributed by atoms with van der Waals surface area (Å²) >= 11 is 0. The second-order valence-corrected chi connectivity index (χ2v) is 5.39. The minimum atomic E-state index is 0.255. The van der Waals surface area contributed by atoms with E-state index in [9.17, 15) is 0 Å². The van der Waals surface area contributed by atoms with Gasteiger partial charge in [-0.15, -0.1) is 0 Å². The zero-order valence-corrected chi connectivity index (χ0v) is 10.1. The lowest BCUT2D eigenvalue weighted by Crippen LogP contribution is -2.41. The molecule has 0 amide bonds. The van der Waals surface area contributed by atoms with Gasteiger partial charge in [0.25, 0.3) is 0 Å². The van der Waals surface area contributed by atoms with Crippen LogP contribution < -0.4 is 5.73 Å². The molecule has 0 spiro atoms. The van der Waals surface area contributed by atoms with Gasteiger partial charge in [-0.2, -0.15) is 0 Å². The molecule has 0 unspecified atom stereocenters. The van der Waals surface area contributed by atoms with Crippen molar-refractivity contribution >= 4 is 0 Å². The van der Waals surface area contributed by atoms with E-state index in [0.717, 1.165) is 19.6 Å². The van der Waals surface area contributed by atoms with E-state index in [1.807, 2.05) is 0 Å². The van der Waals surface area contributed by atoms with Gasteiger partial charge in [-0.25, -0.2) is 0 Å². The van der Waals surface area contributed by atoms with E-state index in [2.05, 4.69) is 32.6 Å². The van der Waals surface area contributed by atoms with Crippen LogP contribution in [0.2, 0.25) is 0 Å². The van der Waals surface area contributed by atoms with Gasteiger partial charge in [0.05, 0.1) is 0 Å². The van der Waals surface area contributed by atoms with Gasteiger partial charge >= 0.3 is 0 Å². The van der Waals surface area contributed by atoms with Gasteiger partial charge < -0.3 is 5.73 Å². The highest BCUT2D eigenvalue weighted by Gasteiger charge is 2.22. The summed E-state index contributed by atoms with van der Waals surface area (Å²) in [7, 11) is 0. The highest BCUT2D eigenvalue weighted by atomic mass is 15.1. The molecule has 2 N–H and O–H groups in total. The molecule has 1 heterocycles. The Kier molecular flexibility index (Phi) is 3.73. The molecular formula is C12H24N2. The summed E-state index contributed by atoms with van der Waals surface area (Å²) in [4.78, 5) is 2.52. The maximum Gasteiger partial charge on any atom is 0.0193 e. The van der Waals surface area contributed by atoms with Gasteiger partial charge in [0.15, 0.2) is 0 Å². The average Bonchev–Trinajstić information content (AvgIpc) is 2.11. The van der Waals surface area contributed by atoms with Gasteiger partial charge in [0.2, 0.25) is 0 Å². The van der Waals surface area contributed by atoms with E-state index in [0.29, 0.717) is 0 Å². The molecule has 0 bridgehead atoms. The molecule has 2 heteroatoms. The van der Waals surface area contributed by atoms with Gasteiger partial charge in [0.1, 0.15) is 0 Å². The summed E-state index contributed by atoms with van der Waals surface area (Å²) in [5.74, 6) is 0. The first kappa shape index (κ1) is 11.7. The topological polar surface area (TPSA) is 29.3 Å². The Bertz CT molecular complexity index is 228. The summed E-state index contributed by atoms with van der Waals surface area (Å²) in [6.07, 6.45) is 1.23. The zero-order chi connectivity index (χ0) is 10.8. The monoisotopic (exact) mass is 196 g/mol. The zero-order valence-electron chi connectivity index (χ0n) is 10.1. The second kappa shape index (κ2) is 4.45. The predicted molar refractivity (Wildman–Crippen MR) is 62.3 cm³/mol. The molecule has 1 rings (SSSR count). The number of hydrogen-bond acceptors (Lipinski definition) is 2. The molecule has 14 heavy (non-hydrogen) atoms. The highest BCUT2D eigenvalue weighted by molar-refractivity contribution is 5.14. The number of rotatable bonds is 3. The lowest BCUT2D eigenvalue weighted by atomic mass is 9.91. The molecule has 0 radical (unpaired) electrons. The average molecular weight is 196 g/mol. The fourth-order valence-electron chi connectivity index (χ4n) is 1.89. The molecule has 1 aliphatic heterocycles. The summed E-state index contributed by atoms with van der Waals surface area (Å²) in [5.41, 5.74) is 9.12.